The number of para-hydroxylation sites is 1. The van der Waals surface area contributed by atoms with E-state index in [9.17, 15) is 4.79 Å². The largest absolute Gasteiger partial charge is 0.322 e. The van der Waals surface area contributed by atoms with Crippen LogP contribution in [0.1, 0.15) is 65.7 Å². The molecular formula is C28H34N2O. The fourth-order valence-electron chi connectivity index (χ4n) is 7.01. The van der Waals surface area contributed by atoms with E-state index in [0.29, 0.717) is 17.4 Å². The van der Waals surface area contributed by atoms with Crippen LogP contribution in [0.3, 0.4) is 0 Å². The maximum absolute atomic E-state index is 13.2. The van der Waals surface area contributed by atoms with Gasteiger partial charge in [0.1, 0.15) is 0 Å². The summed E-state index contributed by atoms with van der Waals surface area (Å²) in [6.07, 6.45) is 13.1. The number of anilines is 1. The first-order valence-corrected chi connectivity index (χ1v) is 12.2. The van der Waals surface area contributed by atoms with Crippen molar-refractivity contribution in [1.82, 2.24) is 4.90 Å². The number of nitrogens with one attached hydrogen (secondary N) is 1. The molecule has 5 aliphatic rings. The minimum atomic E-state index is 0.0618. The molecule has 1 unspecified atom stereocenters. The van der Waals surface area contributed by atoms with Gasteiger partial charge in [-0.05, 0) is 79.6 Å². The molecule has 1 heterocycles. The second-order valence-electron chi connectivity index (χ2n) is 11.0. The summed E-state index contributed by atoms with van der Waals surface area (Å²) in [5.74, 6) is 0.666. The molecule has 3 fully saturated rings. The SMILES string of the molecule is CC(C)C1=C2C3=CC=C(C(=O)Nc4ccccc4)C[C@@H]4N(C5CC5)[C@@]34CC[C@@]2(C)CC1. The quantitative estimate of drug-likeness (QED) is 0.612. The van der Waals surface area contributed by atoms with Gasteiger partial charge in [0, 0.05) is 23.3 Å². The van der Waals surface area contributed by atoms with E-state index >= 15 is 0 Å². The summed E-state index contributed by atoms with van der Waals surface area (Å²) in [5, 5.41) is 3.13. The molecule has 0 aromatic heterocycles. The average Bonchev–Trinajstić information content (AvgIpc) is 3.63. The molecule has 0 bridgehead atoms. The van der Waals surface area contributed by atoms with Gasteiger partial charge in [-0.15, -0.1) is 0 Å². The van der Waals surface area contributed by atoms with E-state index in [2.05, 4.69) is 43.1 Å². The molecule has 1 aromatic rings. The van der Waals surface area contributed by atoms with Gasteiger partial charge in [0.05, 0.1) is 5.54 Å². The van der Waals surface area contributed by atoms with Crippen LogP contribution in [0.15, 0.2) is 64.8 Å². The molecule has 0 radical (unpaired) electrons. The fraction of sp³-hybridized carbons (Fsp3) is 0.536. The molecule has 1 aromatic carbocycles. The Balaban J connectivity index is 1.41. The van der Waals surface area contributed by atoms with E-state index in [0.717, 1.165) is 23.7 Å². The number of hydrogen-bond donors (Lipinski definition) is 1. The highest BCUT2D eigenvalue weighted by Gasteiger charge is 2.71. The van der Waals surface area contributed by atoms with Gasteiger partial charge < -0.3 is 5.32 Å². The van der Waals surface area contributed by atoms with Gasteiger partial charge >= 0.3 is 0 Å². The Morgan fingerprint density at radius 2 is 1.87 bits per heavy atom. The molecule has 1 amide bonds. The van der Waals surface area contributed by atoms with Crippen molar-refractivity contribution in [3.8, 4) is 0 Å². The van der Waals surface area contributed by atoms with Crippen LogP contribution in [0.2, 0.25) is 0 Å². The van der Waals surface area contributed by atoms with Gasteiger partial charge in [0.2, 0.25) is 0 Å². The van der Waals surface area contributed by atoms with Crippen LogP contribution in [0.5, 0.6) is 0 Å². The van der Waals surface area contributed by atoms with E-state index in [1.165, 1.54) is 38.5 Å². The molecule has 162 valence electrons. The zero-order chi connectivity index (χ0) is 21.4. The molecule has 1 saturated heterocycles. The van der Waals surface area contributed by atoms with Crippen LogP contribution in [0.25, 0.3) is 0 Å². The highest BCUT2D eigenvalue weighted by Crippen LogP contribution is 2.68. The minimum Gasteiger partial charge on any atom is -0.322 e. The maximum Gasteiger partial charge on any atom is 0.251 e. The van der Waals surface area contributed by atoms with Crippen molar-refractivity contribution >= 4 is 11.6 Å². The van der Waals surface area contributed by atoms with Gasteiger partial charge in [-0.1, -0.05) is 56.7 Å². The van der Waals surface area contributed by atoms with Gasteiger partial charge in [-0.25, -0.2) is 0 Å². The van der Waals surface area contributed by atoms with Crippen molar-refractivity contribution in [3.05, 3.63) is 64.8 Å². The molecule has 1 aliphatic heterocycles. The Hall–Kier alpha value is -2.13. The predicted molar refractivity (Wildman–Crippen MR) is 126 cm³/mol. The standard InChI is InChI=1S/C28H34N2O/c1-18(2)22-13-14-27(3)15-16-28-23(25(22)27)12-9-19(17-24(28)30(28)21-10-11-21)26(31)29-20-7-5-4-6-8-20/h4-9,12,18,21,24H,10-11,13-17H2,1-3H3,(H,29,31)/t24-,27+,28-,30?/m0/s1. The van der Waals surface area contributed by atoms with Crippen LogP contribution in [0, 0.1) is 11.3 Å². The molecule has 1 spiro atoms. The van der Waals surface area contributed by atoms with E-state index in [1.54, 1.807) is 16.7 Å². The lowest BCUT2D eigenvalue weighted by Crippen LogP contribution is -2.36. The van der Waals surface area contributed by atoms with Gasteiger partial charge in [-0.3, -0.25) is 9.69 Å². The molecule has 3 heteroatoms. The summed E-state index contributed by atoms with van der Waals surface area (Å²) in [6, 6.07) is 11.1. The third-order valence-corrected chi connectivity index (χ3v) is 8.77. The summed E-state index contributed by atoms with van der Waals surface area (Å²) in [4.78, 5) is 16.0. The summed E-state index contributed by atoms with van der Waals surface area (Å²) in [6.45, 7) is 7.23. The third-order valence-electron chi connectivity index (χ3n) is 8.77. The summed E-state index contributed by atoms with van der Waals surface area (Å²) < 4.78 is 0. The molecule has 3 nitrogen and oxygen atoms in total. The topological polar surface area (TPSA) is 32.1 Å². The number of fused-ring (bicyclic) bond motifs is 2. The van der Waals surface area contributed by atoms with Crippen LogP contribution in [0.4, 0.5) is 5.69 Å². The van der Waals surface area contributed by atoms with Crippen molar-refractivity contribution in [2.24, 2.45) is 11.3 Å². The van der Waals surface area contributed by atoms with Gasteiger partial charge in [0.15, 0.2) is 0 Å². The number of carbonyl (C=O) groups excluding carboxylic acids is 1. The van der Waals surface area contributed by atoms with Crippen molar-refractivity contribution in [3.63, 3.8) is 0 Å². The van der Waals surface area contributed by atoms with Crippen molar-refractivity contribution in [1.29, 1.82) is 0 Å². The van der Waals surface area contributed by atoms with Gasteiger partial charge in [-0.2, -0.15) is 0 Å². The Morgan fingerprint density at radius 3 is 2.58 bits per heavy atom. The first kappa shape index (κ1) is 19.5. The van der Waals surface area contributed by atoms with E-state index in [1.807, 2.05) is 30.3 Å². The number of benzene rings is 1. The Labute approximate surface area is 186 Å². The lowest BCUT2D eigenvalue weighted by Gasteiger charge is -2.41. The van der Waals surface area contributed by atoms with Crippen LogP contribution < -0.4 is 5.32 Å². The average molecular weight is 415 g/mol. The number of carbonyl (C=O) groups is 1. The summed E-state index contributed by atoms with van der Waals surface area (Å²) in [7, 11) is 0. The van der Waals surface area contributed by atoms with Crippen LogP contribution >= 0.6 is 0 Å². The van der Waals surface area contributed by atoms with Crippen molar-refractivity contribution < 1.29 is 4.79 Å². The molecule has 4 aliphatic carbocycles. The maximum atomic E-state index is 13.2. The van der Waals surface area contributed by atoms with E-state index < -0.39 is 0 Å². The molecule has 2 saturated carbocycles. The molecule has 1 N–H and O–H groups in total. The van der Waals surface area contributed by atoms with Gasteiger partial charge in [0.25, 0.3) is 5.91 Å². The highest BCUT2D eigenvalue weighted by atomic mass is 16.1. The van der Waals surface area contributed by atoms with E-state index in [4.69, 9.17) is 0 Å². The van der Waals surface area contributed by atoms with Crippen LogP contribution in [-0.2, 0) is 4.79 Å². The normalized spacial score (nSPS) is 36.1. The van der Waals surface area contributed by atoms with Crippen LogP contribution in [-0.4, -0.2) is 28.4 Å². The Bertz CT molecular complexity index is 1030. The smallest absolute Gasteiger partial charge is 0.251 e. The molecule has 31 heavy (non-hydrogen) atoms. The second-order valence-corrected chi connectivity index (χ2v) is 11.0. The number of amides is 1. The summed E-state index contributed by atoms with van der Waals surface area (Å²) >= 11 is 0. The number of rotatable bonds is 4. The highest BCUT2D eigenvalue weighted by molar-refractivity contribution is 6.04. The monoisotopic (exact) mass is 414 g/mol. The Morgan fingerprint density at radius 1 is 1.10 bits per heavy atom. The zero-order valence-corrected chi connectivity index (χ0v) is 19.1. The lowest BCUT2D eigenvalue weighted by molar-refractivity contribution is -0.113. The Kier molecular flexibility index (Phi) is 4.21. The van der Waals surface area contributed by atoms with Crippen molar-refractivity contribution in [2.75, 3.05) is 5.32 Å². The molecule has 4 atom stereocenters. The third kappa shape index (κ3) is 2.85. The first-order chi connectivity index (χ1) is 14.9. The second kappa shape index (κ2) is 6.68. The predicted octanol–water partition coefficient (Wildman–Crippen LogP) is 6.01. The molecular weight excluding hydrogens is 380 g/mol. The fourth-order valence-corrected chi connectivity index (χ4v) is 7.01. The number of nitrogens with zero attached hydrogens (tertiary/aromatic N) is 1. The first-order valence-electron chi connectivity index (χ1n) is 12.2. The minimum absolute atomic E-state index is 0.0618. The van der Waals surface area contributed by atoms with Crippen molar-refractivity contribution in [2.45, 2.75) is 83.3 Å². The zero-order valence-electron chi connectivity index (χ0n) is 19.1. The summed E-state index contributed by atoms with van der Waals surface area (Å²) in [5.41, 5.74) is 7.24. The molecule has 6 rings (SSSR count). The van der Waals surface area contributed by atoms with E-state index in [-0.39, 0.29) is 11.4 Å². The number of hydrogen-bond acceptors (Lipinski definition) is 2. The lowest BCUT2D eigenvalue weighted by atomic mass is 9.64. The number of allylic oxidation sites excluding steroid dienone is 3.